The lowest BCUT2D eigenvalue weighted by molar-refractivity contribution is -0.139. The van der Waals surface area contributed by atoms with Gasteiger partial charge in [0, 0.05) is 5.56 Å². The number of rotatable bonds is 8. The van der Waals surface area contributed by atoms with E-state index in [0.29, 0.717) is 11.3 Å². The lowest BCUT2D eigenvalue weighted by Crippen LogP contribution is -2.10. The molecule has 0 aliphatic carbocycles. The fourth-order valence-electron chi connectivity index (χ4n) is 2.06. The number of allylic oxidation sites excluding steroid dienone is 1. The van der Waals surface area contributed by atoms with Crippen molar-refractivity contribution in [1.82, 2.24) is 0 Å². The van der Waals surface area contributed by atoms with Gasteiger partial charge < -0.3 is 19.3 Å². The number of ether oxygens (including phenoxy) is 3. The van der Waals surface area contributed by atoms with Crippen LogP contribution in [0.25, 0.3) is 6.08 Å². The number of aliphatic carboxylic acids is 1. The molecule has 25 heavy (non-hydrogen) atoms. The van der Waals surface area contributed by atoms with Crippen LogP contribution < -0.4 is 14.2 Å². The van der Waals surface area contributed by atoms with Crippen LogP contribution in [0.3, 0.4) is 0 Å². The van der Waals surface area contributed by atoms with Gasteiger partial charge in [0.25, 0.3) is 0 Å². The van der Waals surface area contributed by atoms with Crippen LogP contribution in [0.5, 0.6) is 17.2 Å². The van der Waals surface area contributed by atoms with E-state index in [1.165, 1.54) is 25.3 Å². The van der Waals surface area contributed by atoms with Gasteiger partial charge in [0.15, 0.2) is 23.9 Å². The molecule has 0 aliphatic heterocycles. The van der Waals surface area contributed by atoms with Crippen LogP contribution in [-0.2, 0) is 4.79 Å². The summed E-state index contributed by atoms with van der Waals surface area (Å²) in [5, 5.41) is 8.66. The molecule has 2 aromatic carbocycles. The number of ketones is 1. The van der Waals surface area contributed by atoms with Gasteiger partial charge in [-0.25, -0.2) is 4.79 Å². The quantitative estimate of drug-likeness (QED) is 0.586. The summed E-state index contributed by atoms with van der Waals surface area (Å²) >= 11 is 0. The van der Waals surface area contributed by atoms with Crippen LogP contribution in [0.15, 0.2) is 48.5 Å². The molecule has 6 heteroatoms. The van der Waals surface area contributed by atoms with Crippen molar-refractivity contribution in [3.8, 4) is 17.2 Å². The van der Waals surface area contributed by atoms with Crippen molar-refractivity contribution in [2.75, 3.05) is 20.8 Å². The van der Waals surface area contributed by atoms with Gasteiger partial charge in [-0.2, -0.15) is 0 Å². The normalized spacial score (nSPS) is 10.5. The summed E-state index contributed by atoms with van der Waals surface area (Å²) in [6.45, 7) is -0.485. The molecular formula is C19H18O6. The van der Waals surface area contributed by atoms with Gasteiger partial charge in [-0.3, -0.25) is 4.79 Å². The molecule has 0 fully saturated rings. The van der Waals surface area contributed by atoms with Crippen LogP contribution in [0.1, 0.15) is 15.9 Å². The number of carbonyl (C=O) groups excluding carboxylic acids is 1. The Morgan fingerprint density at radius 2 is 1.72 bits per heavy atom. The summed E-state index contributed by atoms with van der Waals surface area (Å²) in [7, 11) is 3.01. The zero-order valence-electron chi connectivity index (χ0n) is 13.9. The second-order valence-electron chi connectivity index (χ2n) is 5.02. The van der Waals surface area contributed by atoms with Gasteiger partial charge in [0.05, 0.1) is 14.2 Å². The van der Waals surface area contributed by atoms with E-state index in [1.807, 2.05) is 24.3 Å². The van der Waals surface area contributed by atoms with E-state index < -0.39 is 12.6 Å². The SMILES string of the molecule is COc1ccc(/C=C\C(=O)c2ccc(OCC(=O)O)c(OC)c2)cc1. The molecule has 2 rings (SSSR count). The zero-order chi connectivity index (χ0) is 18.2. The summed E-state index contributed by atoms with van der Waals surface area (Å²) in [5.74, 6) is -0.000715. The molecule has 0 spiro atoms. The minimum Gasteiger partial charge on any atom is -0.497 e. The summed E-state index contributed by atoms with van der Waals surface area (Å²) in [5.41, 5.74) is 1.27. The predicted molar refractivity (Wildman–Crippen MR) is 92.5 cm³/mol. The molecule has 130 valence electrons. The molecule has 0 saturated heterocycles. The van der Waals surface area contributed by atoms with Gasteiger partial charge in [0.2, 0.25) is 0 Å². The molecule has 1 N–H and O–H groups in total. The van der Waals surface area contributed by atoms with Crippen molar-refractivity contribution in [2.45, 2.75) is 0 Å². The van der Waals surface area contributed by atoms with Gasteiger partial charge in [0.1, 0.15) is 5.75 Å². The molecule has 0 saturated carbocycles. The molecule has 0 amide bonds. The number of hydrogen-bond acceptors (Lipinski definition) is 5. The predicted octanol–water partition coefficient (Wildman–Crippen LogP) is 3.06. The first-order valence-corrected chi connectivity index (χ1v) is 7.42. The Morgan fingerprint density at radius 1 is 1.00 bits per heavy atom. The molecule has 0 radical (unpaired) electrons. The highest BCUT2D eigenvalue weighted by molar-refractivity contribution is 6.07. The third kappa shape index (κ3) is 5.10. The fraction of sp³-hybridized carbons (Fsp3) is 0.158. The van der Waals surface area contributed by atoms with Gasteiger partial charge >= 0.3 is 5.97 Å². The van der Waals surface area contributed by atoms with Crippen molar-refractivity contribution in [2.24, 2.45) is 0 Å². The smallest absolute Gasteiger partial charge is 0.341 e. The topological polar surface area (TPSA) is 82.1 Å². The first kappa shape index (κ1) is 18.1. The Morgan fingerprint density at radius 3 is 2.32 bits per heavy atom. The van der Waals surface area contributed by atoms with E-state index in [9.17, 15) is 9.59 Å². The fourth-order valence-corrected chi connectivity index (χ4v) is 2.06. The van der Waals surface area contributed by atoms with E-state index in [2.05, 4.69) is 0 Å². The number of methoxy groups -OCH3 is 2. The van der Waals surface area contributed by atoms with E-state index >= 15 is 0 Å². The standard InChI is InChI=1S/C19H18O6/c1-23-15-7-3-13(4-8-15)5-9-16(20)14-6-10-17(18(11-14)24-2)25-12-19(21)22/h3-11H,12H2,1-2H3,(H,21,22)/b9-5-. The third-order valence-electron chi connectivity index (χ3n) is 3.34. The first-order chi connectivity index (χ1) is 12.0. The average molecular weight is 342 g/mol. The molecule has 0 heterocycles. The van der Waals surface area contributed by atoms with Crippen molar-refractivity contribution >= 4 is 17.8 Å². The van der Waals surface area contributed by atoms with Crippen molar-refractivity contribution in [3.63, 3.8) is 0 Å². The number of benzene rings is 2. The molecule has 0 bridgehead atoms. The van der Waals surface area contributed by atoms with E-state index in [-0.39, 0.29) is 11.5 Å². The second kappa shape index (κ2) is 8.54. The Bertz CT molecular complexity index is 777. The molecule has 0 aliphatic rings. The van der Waals surface area contributed by atoms with Gasteiger partial charge in [-0.1, -0.05) is 18.2 Å². The van der Waals surface area contributed by atoms with Crippen LogP contribution in [0.4, 0.5) is 0 Å². The molecule has 0 unspecified atom stereocenters. The van der Waals surface area contributed by atoms with E-state index in [0.717, 1.165) is 11.3 Å². The Balaban J connectivity index is 2.12. The van der Waals surface area contributed by atoms with Gasteiger partial charge in [-0.15, -0.1) is 0 Å². The maximum absolute atomic E-state index is 12.3. The summed E-state index contributed by atoms with van der Waals surface area (Å²) in [6, 6.07) is 11.9. The van der Waals surface area contributed by atoms with Crippen LogP contribution in [0.2, 0.25) is 0 Å². The molecule has 0 atom stereocenters. The third-order valence-corrected chi connectivity index (χ3v) is 3.34. The molecule has 2 aromatic rings. The van der Waals surface area contributed by atoms with Crippen molar-refractivity contribution in [3.05, 3.63) is 59.7 Å². The zero-order valence-corrected chi connectivity index (χ0v) is 13.9. The number of carboxylic acids is 1. The van der Waals surface area contributed by atoms with Crippen molar-refractivity contribution < 1.29 is 28.9 Å². The Hall–Kier alpha value is -3.28. The summed E-state index contributed by atoms with van der Waals surface area (Å²) < 4.78 is 15.3. The van der Waals surface area contributed by atoms with Crippen LogP contribution in [-0.4, -0.2) is 37.7 Å². The monoisotopic (exact) mass is 342 g/mol. The average Bonchev–Trinajstić information content (AvgIpc) is 2.64. The minimum atomic E-state index is -1.09. The highest BCUT2D eigenvalue weighted by Crippen LogP contribution is 2.28. The Kier molecular flexibility index (Phi) is 6.17. The van der Waals surface area contributed by atoms with Crippen molar-refractivity contribution in [1.29, 1.82) is 0 Å². The van der Waals surface area contributed by atoms with E-state index in [1.54, 1.807) is 19.3 Å². The maximum Gasteiger partial charge on any atom is 0.341 e. The summed E-state index contributed by atoms with van der Waals surface area (Å²) in [4.78, 5) is 22.9. The number of carboxylic acid groups (broad SMARTS) is 1. The number of carbonyl (C=O) groups is 2. The highest BCUT2D eigenvalue weighted by Gasteiger charge is 2.10. The van der Waals surface area contributed by atoms with E-state index in [4.69, 9.17) is 19.3 Å². The van der Waals surface area contributed by atoms with Crippen LogP contribution in [0, 0.1) is 0 Å². The highest BCUT2D eigenvalue weighted by atomic mass is 16.5. The maximum atomic E-state index is 12.3. The largest absolute Gasteiger partial charge is 0.497 e. The number of hydrogen-bond donors (Lipinski definition) is 1. The first-order valence-electron chi connectivity index (χ1n) is 7.42. The molecule has 6 nitrogen and oxygen atoms in total. The van der Waals surface area contributed by atoms with Crippen LogP contribution >= 0.6 is 0 Å². The lowest BCUT2D eigenvalue weighted by atomic mass is 10.1. The van der Waals surface area contributed by atoms with Gasteiger partial charge in [-0.05, 0) is 42.0 Å². The summed E-state index contributed by atoms with van der Waals surface area (Å²) in [6.07, 6.45) is 3.15. The molecular weight excluding hydrogens is 324 g/mol. The minimum absolute atomic E-state index is 0.209. The second-order valence-corrected chi connectivity index (χ2v) is 5.02. The molecule has 0 aromatic heterocycles. The lowest BCUT2D eigenvalue weighted by Gasteiger charge is -2.09. The Labute approximate surface area is 145 Å².